The molecule has 0 aromatic carbocycles. The lowest BCUT2D eigenvalue weighted by Crippen LogP contribution is -1.75. The Bertz CT molecular complexity index is 132. The Morgan fingerprint density at radius 2 is 1.83 bits per heavy atom. The molecule has 0 aliphatic rings. The second kappa shape index (κ2) is 10.5. The van der Waals surface area contributed by atoms with Crippen LogP contribution in [-0.2, 0) is 0 Å². The normalized spacial score (nSPS) is 9.17. The van der Waals surface area contributed by atoms with Gasteiger partial charge in [-0.05, 0) is 25.0 Å². The van der Waals surface area contributed by atoms with Gasteiger partial charge in [-0.25, -0.2) is 0 Å². The van der Waals surface area contributed by atoms with Crippen LogP contribution in [0.2, 0.25) is 0 Å². The molecule has 0 unspecified atom stereocenters. The number of rotatable bonds is 7. The molecule has 70 valence electrons. The van der Waals surface area contributed by atoms with Crippen LogP contribution in [0.15, 0.2) is 17.9 Å². The molecule has 0 saturated heterocycles. The zero-order chi connectivity index (χ0) is 9.07. The fourth-order valence-corrected chi connectivity index (χ4v) is 1.07. The number of aliphatic hydroxyl groups excluding tert-OH is 1. The fourth-order valence-electron chi connectivity index (χ4n) is 1.07. The third-order valence-corrected chi connectivity index (χ3v) is 1.78. The molecule has 12 heavy (non-hydrogen) atoms. The summed E-state index contributed by atoms with van der Waals surface area (Å²) in [6.07, 6.45) is 11.3. The molecule has 0 aromatic heterocycles. The molecule has 0 aliphatic heterocycles. The van der Waals surface area contributed by atoms with Crippen molar-refractivity contribution in [3.63, 3.8) is 0 Å². The number of hydrogen-bond donors (Lipinski definition) is 1. The van der Waals surface area contributed by atoms with Crippen molar-refractivity contribution in [3.05, 3.63) is 17.9 Å². The molecule has 0 rings (SSSR count). The van der Waals surface area contributed by atoms with Gasteiger partial charge in [0.05, 0.1) is 6.61 Å². The molecule has 0 bridgehead atoms. The molecule has 0 saturated carbocycles. The molecule has 0 radical (unpaired) electrons. The van der Waals surface area contributed by atoms with Crippen LogP contribution in [0, 0.1) is 0 Å². The van der Waals surface area contributed by atoms with Crippen LogP contribution in [0.5, 0.6) is 0 Å². The molecule has 0 aliphatic carbocycles. The summed E-state index contributed by atoms with van der Waals surface area (Å²) in [6, 6.07) is 0. The predicted molar refractivity (Wildman–Crippen MR) is 53.1 cm³/mol. The lowest BCUT2D eigenvalue weighted by molar-refractivity contribution is 0.343. The van der Waals surface area contributed by atoms with Gasteiger partial charge in [0.15, 0.2) is 0 Å². The van der Waals surface area contributed by atoms with E-state index >= 15 is 0 Å². The van der Waals surface area contributed by atoms with E-state index in [0.717, 1.165) is 6.42 Å². The van der Waals surface area contributed by atoms with E-state index in [2.05, 4.69) is 12.7 Å². The Morgan fingerprint density at radius 3 is 2.50 bits per heavy atom. The van der Waals surface area contributed by atoms with E-state index in [1.807, 2.05) is 6.08 Å². The summed E-state index contributed by atoms with van der Waals surface area (Å²) in [7, 11) is 0. The van der Waals surface area contributed by atoms with Gasteiger partial charge in [0, 0.05) is 0 Å². The smallest absolute Gasteiger partial charge is 0.0686 e. The molecule has 0 heterocycles. The summed E-state index contributed by atoms with van der Waals surface area (Å²) in [5, 5.41) is 8.40. The minimum absolute atomic E-state index is 0.104. The molecule has 0 aromatic rings. The number of aliphatic hydroxyl groups is 1. The van der Waals surface area contributed by atoms with Gasteiger partial charge < -0.3 is 5.11 Å². The lowest BCUT2D eigenvalue weighted by atomic mass is 10.1. The number of hydrogen-bond acceptors (Lipinski definition) is 1. The summed E-state index contributed by atoms with van der Waals surface area (Å²) in [6.45, 7) is 2.33. The summed E-state index contributed by atoms with van der Waals surface area (Å²) in [4.78, 5) is 0. The first-order valence-electron chi connectivity index (χ1n) is 4.92. The van der Waals surface area contributed by atoms with Gasteiger partial charge in [0.2, 0.25) is 0 Å². The third-order valence-electron chi connectivity index (χ3n) is 1.78. The van der Waals surface area contributed by atoms with Gasteiger partial charge >= 0.3 is 0 Å². The van der Waals surface area contributed by atoms with Crippen molar-refractivity contribution >= 4 is 0 Å². The van der Waals surface area contributed by atoms with Crippen LogP contribution in [0.1, 0.15) is 45.4 Å². The van der Waals surface area contributed by atoms with E-state index in [0.29, 0.717) is 0 Å². The second-order valence-electron chi connectivity index (χ2n) is 2.96. The van der Waals surface area contributed by atoms with Gasteiger partial charge in [-0.2, -0.15) is 0 Å². The quantitative estimate of drug-likeness (QED) is 0.457. The predicted octanol–water partition coefficient (Wildman–Crippen LogP) is 3.05. The Kier molecular flexibility index (Phi) is 10.0. The van der Waals surface area contributed by atoms with Crippen molar-refractivity contribution in [2.75, 3.05) is 6.61 Å². The highest BCUT2D eigenvalue weighted by molar-refractivity contribution is 4.83. The minimum atomic E-state index is 0.104. The number of unbranched alkanes of at least 4 members (excludes halogenated alkanes) is 5. The summed E-state index contributed by atoms with van der Waals surface area (Å²) >= 11 is 0. The van der Waals surface area contributed by atoms with Gasteiger partial charge in [-0.15, -0.1) is 5.73 Å². The molecule has 0 spiro atoms. The first-order valence-corrected chi connectivity index (χ1v) is 4.92. The Hall–Kier alpha value is -0.520. The monoisotopic (exact) mass is 168 g/mol. The van der Waals surface area contributed by atoms with Crippen LogP contribution in [0.3, 0.4) is 0 Å². The molecule has 1 heteroatoms. The average Bonchev–Trinajstić information content (AvgIpc) is 2.10. The highest BCUT2D eigenvalue weighted by Gasteiger charge is 1.85. The van der Waals surface area contributed by atoms with Crippen LogP contribution in [-0.4, -0.2) is 11.7 Å². The third kappa shape index (κ3) is 9.48. The fraction of sp³-hybridized carbons (Fsp3) is 0.727. The average molecular weight is 168 g/mol. The van der Waals surface area contributed by atoms with E-state index in [4.69, 9.17) is 5.11 Å². The van der Waals surface area contributed by atoms with Gasteiger partial charge in [-0.1, -0.05) is 32.6 Å². The first kappa shape index (κ1) is 11.5. The van der Waals surface area contributed by atoms with E-state index < -0.39 is 0 Å². The van der Waals surface area contributed by atoms with E-state index in [-0.39, 0.29) is 6.61 Å². The van der Waals surface area contributed by atoms with Crippen LogP contribution < -0.4 is 0 Å². The maximum atomic E-state index is 8.40. The molecular weight excluding hydrogens is 148 g/mol. The first-order chi connectivity index (χ1) is 5.91. The van der Waals surface area contributed by atoms with Crippen molar-refractivity contribution in [3.8, 4) is 0 Å². The molecule has 0 amide bonds. The van der Waals surface area contributed by atoms with Crippen molar-refractivity contribution in [1.82, 2.24) is 0 Å². The standard InChI is InChI=1S/C11H20O/c1-2-3-4-5-6-7-8-9-10-11-12/h8,10,12H,2-7,11H2,1H3. The molecule has 0 fully saturated rings. The van der Waals surface area contributed by atoms with E-state index in [1.165, 1.54) is 32.1 Å². The van der Waals surface area contributed by atoms with Crippen LogP contribution in [0.4, 0.5) is 0 Å². The molecular formula is C11H20O. The molecule has 1 nitrogen and oxygen atoms in total. The van der Waals surface area contributed by atoms with Crippen molar-refractivity contribution in [2.45, 2.75) is 45.4 Å². The van der Waals surface area contributed by atoms with Crippen LogP contribution in [0.25, 0.3) is 0 Å². The van der Waals surface area contributed by atoms with Crippen molar-refractivity contribution in [1.29, 1.82) is 0 Å². The lowest BCUT2D eigenvalue weighted by Gasteiger charge is -1.94. The highest BCUT2D eigenvalue weighted by Crippen LogP contribution is 2.04. The minimum Gasteiger partial charge on any atom is -0.392 e. The topological polar surface area (TPSA) is 20.2 Å². The summed E-state index contributed by atoms with van der Waals surface area (Å²) in [5.41, 5.74) is 2.93. The molecule has 0 atom stereocenters. The second-order valence-corrected chi connectivity index (χ2v) is 2.96. The van der Waals surface area contributed by atoms with E-state index in [9.17, 15) is 0 Å². The summed E-state index contributed by atoms with van der Waals surface area (Å²) in [5.74, 6) is 0. The Labute approximate surface area is 75.8 Å². The molecule has 1 N–H and O–H groups in total. The van der Waals surface area contributed by atoms with Crippen LogP contribution >= 0.6 is 0 Å². The Morgan fingerprint density at radius 1 is 1.08 bits per heavy atom. The SMILES string of the molecule is CCCCCCCC=C=CCO. The maximum Gasteiger partial charge on any atom is 0.0686 e. The zero-order valence-electron chi connectivity index (χ0n) is 8.05. The summed E-state index contributed by atoms with van der Waals surface area (Å²) < 4.78 is 0. The van der Waals surface area contributed by atoms with Gasteiger partial charge in [0.1, 0.15) is 0 Å². The maximum absolute atomic E-state index is 8.40. The zero-order valence-corrected chi connectivity index (χ0v) is 8.05. The largest absolute Gasteiger partial charge is 0.392 e. The van der Waals surface area contributed by atoms with Gasteiger partial charge in [-0.3, -0.25) is 0 Å². The highest BCUT2D eigenvalue weighted by atomic mass is 16.2. The van der Waals surface area contributed by atoms with E-state index in [1.54, 1.807) is 6.08 Å². The van der Waals surface area contributed by atoms with Crippen molar-refractivity contribution < 1.29 is 5.11 Å². The van der Waals surface area contributed by atoms with Gasteiger partial charge in [0.25, 0.3) is 0 Å². The Balaban J connectivity index is 3.05. The van der Waals surface area contributed by atoms with Crippen molar-refractivity contribution in [2.24, 2.45) is 0 Å².